The van der Waals surface area contributed by atoms with Gasteiger partial charge < -0.3 is 24.7 Å². The molecule has 0 unspecified atom stereocenters. The summed E-state index contributed by atoms with van der Waals surface area (Å²) in [5.41, 5.74) is 6.74. The van der Waals surface area contributed by atoms with Gasteiger partial charge in [0, 0.05) is 30.1 Å². The van der Waals surface area contributed by atoms with Crippen molar-refractivity contribution in [3.63, 3.8) is 0 Å². The van der Waals surface area contributed by atoms with Crippen LogP contribution in [0.2, 0.25) is 0 Å². The van der Waals surface area contributed by atoms with E-state index in [1.54, 1.807) is 23.6 Å². The number of aliphatic carboxylic acids is 1. The summed E-state index contributed by atoms with van der Waals surface area (Å²) in [6.45, 7) is 1.38. The number of likely N-dealkylation sites (N-methyl/N-ethyl adjacent to an activating group) is 1. The lowest BCUT2D eigenvalue weighted by molar-refractivity contribution is -0.135. The minimum atomic E-state index is -1.07. The number of nitrogen functional groups attached to an aromatic ring is 1. The summed E-state index contributed by atoms with van der Waals surface area (Å²) in [5, 5.41) is 9.64. The van der Waals surface area contributed by atoms with Crippen molar-refractivity contribution in [2.45, 2.75) is 25.8 Å². The molecule has 8 nitrogen and oxygen atoms in total. The quantitative estimate of drug-likeness (QED) is 0.441. The lowest BCUT2D eigenvalue weighted by Gasteiger charge is -2.16. The molecule has 1 aliphatic carbocycles. The second-order valence-corrected chi connectivity index (χ2v) is 8.32. The van der Waals surface area contributed by atoms with E-state index in [9.17, 15) is 18.4 Å². The van der Waals surface area contributed by atoms with Crippen LogP contribution in [0.1, 0.15) is 24.4 Å². The van der Waals surface area contributed by atoms with Gasteiger partial charge in [0.05, 0.1) is 11.2 Å². The maximum Gasteiger partial charge on any atom is 0.323 e. The number of aryl methyl sites for hydroxylation is 1. The molecule has 0 atom stereocenters. The fraction of sp³-hybridized carbons (Fsp3) is 0.261. The molecule has 2 aromatic heterocycles. The van der Waals surface area contributed by atoms with Gasteiger partial charge in [0.25, 0.3) is 11.6 Å². The van der Waals surface area contributed by atoms with Gasteiger partial charge in [0.1, 0.15) is 18.2 Å². The number of nitrogens with zero attached hydrogens (tertiary/aromatic N) is 3. The van der Waals surface area contributed by atoms with Gasteiger partial charge in [-0.05, 0) is 43.0 Å². The lowest BCUT2D eigenvalue weighted by Crippen LogP contribution is -2.25. The molecule has 4 aromatic rings. The van der Waals surface area contributed by atoms with E-state index in [2.05, 4.69) is 4.98 Å². The first-order valence-corrected chi connectivity index (χ1v) is 10.3. The summed E-state index contributed by atoms with van der Waals surface area (Å²) in [5.74, 6) is -2.48. The highest BCUT2D eigenvalue weighted by molar-refractivity contribution is 6.04. The molecule has 170 valence electrons. The molecular formula is C23H20F2N4O4. The van der Waals surface area contributed by atoms with E-state index in [-0.39, 0.29) is 46.5 Å². The van der Waals surface area contributed by atoms with Crippen molar-refractivity contribution in [2.24, 2.45) is 0 Å². The molecule has 0 aliphatic heterocycles. The van der Waals surface area contributed by atoms with Gasteiger partial charge >= 0.3 is 5.97 Å². The summed E-state index contributed by atoms with van der Waals surface area (Å²) in [7, 11) is 1.50. The number of aromatic nitrogens is 2. The number of nitrogens with two attached hydrogens (primary N) is 1. The van der Waals surface area contributed by atoms with Crippen LogP contribution in [0.5, 0.6) is 0 Å². The van der Waals surface area contributed by atoms with Crippen molar-refractivity contribution in [3.05, 3.63) is 51.8 Å². The van der Waals surface area contributed by atoms with Crippen molar-refractivity contribution < 1.29 is 23.1 Å². The molecule has 0 radical (unpaired) electrons. The summed E-state index contributed by atoms with van der Waals surface area (Å²) in [4.78, 5) is 30.0. The van der Waals surface area contributed by atoms with Crippen molar-refractivity contribution in [3.8, 4) is 11.1 Å². The molecule has 1 saturated carbocycles. The van der Waals surface area contributed by atoms with Crippen LogP contribution in [-0.4, -0.2) is 34.2 Å². The third-order valence-corrected chi connectivity index (χ3v) is 5.94. The van der Waals surface area contributed by atoms with Crippen LogP contribution in [-0.2, 0) is 4.79 Å². The normalized spacial score (nSPS) is 13.7. The van der Waals surface area contributed by atoms with Crippen LogP contribution < -0.4 is 16.2 Å². The molecule has 2 aromatic carbocycles. The Bertz CT molecular complexity index is 1520. The maximum absolute atomic E-state index is 14.7. The number of hydrogen-bond acceptors (Lipinski definition) is 6. The van der Waals surface area contributed by atoms with Gasteiger partial charge in [0.2, 0.25) is 0 Å². The predicted molar refractivity (Wildman–Crippen MR) is 119 cm³/mol. The number of carboxylic acid groups (broad SMARTS) is 1. The first-order valence-electron chi connectivity index (χ1n) is 10.3. The minimum Gasteiger partial charge on any atom is -0.480 e. The first-order chi connectivity index (χ1) is 15.7. The molecule has 33 heavy (non-hydrogen) atoms. The van der Waals surface area contributed by atoms with Gasteiger partial charge in [-0.3, -0.25) is 9.59 Å². The molecule has 0 spiro atoms. The zero-order chi connectivity index (χ0) is 23.6. The highest BCUT2D eigenvalue weighted by atomic mass is 19.1. The van der Waals surface area contributed by atoms with Crippen LogP contribution in [0.15, 0.2) is 33.5 Å². The fourth-order valence-electron chi connectivity index (χ4n) is 4.22. The second-order valence-electron chi connectivity index (χ2n) is 8.32. The van der Waals surface area contributed by atoms with Gasteiger partial charge in [0.15, 0.2) is 11.1 Å². The standard InChI is InChI=1S/C23H20F2N4O4/c1-10-12(14-7-16(25)17(26)8-15(14)24)5-6-13-20(10)29(11-3-4-11)22(32)19-21(13)33-23(27-19)28(2)9-18(30)31/h5-8,11H,3-4,9,26H2,1-2H3,(H,30,31). The Morgan fingerprint density at radius 2 is 2.00 bits per heavy atom. The topological polar surface area (TPSA) is 115 Å². The van der Waals surface area contributed by atoms with E-state index in [0.29, 0.717) is 22.0 Å². The van der Waals surface area contributed by atoms with Crippen LogP contribution in [0.4, 0.5) is 20.5 Å². The molecule has 1 aliphatic rings. The smallest absolute Gasteiger partial charge is 0.323 e. The fourth-order valence-corrected chi connectivity index (χ4v) is 4.22. The van der Waals surface area contributed by atoms with E-state index in [1.807, 2.05) is 0 Å². The SMILES string of the molecule is Cc1c(-c2cc(F)c(N)cc2F)ccc2c3oc(N(C)CC(=O)O)nc3c(=O)n(C3CC3)c12. The molecule has 1 fully saturated rings. The number of anilines is 2. The number of oxazole rings is 1. The van der Waals surface area contributed by atoms with E-state index in [4.69, 9.17) is 15.3 Å². The van der Waals surface area contributed by atoms with Gasteiger partial charge in [-0.15, -0.1) is 0 Å². The van der Waals surface area contributed by atoms with Gasteiger partial charge in [-0.2, -0.15) is 4.98 Å². The molecular weight excluding hydrogens is 434 g/mol. The Hall–Kier alpha value is -3.95. The molecule has 2 heterocycles. The zero-order valence-corrected chi connectivity index (χ0v) is 17.9. The van der Waals surface area contributed by atoms with Crippen LogP contribution in [0, 0.1) is 18.6 Å². The monoisotopic (exact) mass is 454 g/mol. The third-order valence-electron chi connectivity index (χ3n) is 5.94. The Morgan fingerprint density at radius 3 is 2.67 bits per heavy atom. The van der Waals surface area contributed by atoms with Crippen LogP contribution in [0.3, 0.4) is 0 Å². The van der Waals surface area contributed by atoms with Crippen LogP contribution in [0.25, 0.3) is 33.1 Å². The highest BCUT2D eigenvalue weighted by Gasteiger charge is 2.31. The molecule has 3 N–H and O–H groups in total. The van der Waals surface area contributed by atoms with E-state index in [0.717, 1.165) is 25.0 Å². The summed E-state index contributed by atoms with van der Waals surface area (Å²) >= 11 is 0. The Kier molecular flexibility index (Phi) is 4.62. The second kappa shape index (κ2) is 7.29. The van der Waals surface area contributed by atoms with Gasteiger partial charge in [-0.25, -0.2) is 8.78 Å². The number of pyridine rings is 1. The number of hydrogen-bond donors (Lipinski definition) is 2. The molecule has 0 bridgehead atoms. The average Bonchev–Trinajstić information content (AvgIpc) is 3.47. The Labute approximate surface area is 185 Å². The Balaban J connectivity index is 1.82. The number of carbonyl (C=O) groups is 1. The number of carboxylic acids is 1. The molecule has 0 saturated heterocycles. The van der Waals surface area contributed by atoms with Crippen molar-refractivity contribution in [1.82, 2.24) is 9.55 Å². The average molecular weight is 454 g/mol. The van der Waals surface area contributed by atoms with E-state index in [1.165, 1.54) is 11.9 Å². The number of fused-ring (bicyclic) bond motifs is 3. The zero-order valence-electron chi connectivity index (χ0n) is 17.9. The van der Waals surface area contributed by atoms with E-state index < -0.39 is 17.6 Å². The highest BCUT2D eigenvalue weighted by Crippen LogP contribution is 2.41. The molecule has 0 amide bonds. The van der Waals surface area contributed by atoms with Crippen molar-refractivity contribution >= 4 is 39.7 Å². The molecule has 10 heteroatoms. The van der Waals surface area contributed by atoms with Gasteiger partial charge in [-0.1, -0.05) is 6.07 Å². The van der Waals surface area contributed by atoms with Crippen LogP contribution >= 0.6 is 0 Å². The number of rotatable bonds is 5. The first kappa shape index (κ1) is 20.9. The summed E-state index contributed by atoms with van der Waals surface area (Å²) in [6.07, 6.45) is 1.61. The van der Waals surface area contributed by atoms with Crippen molar-refractivity contribution in [2.75, 3.05) is 24.2 Å². The lowest BCUT2D eigenvalue weighted by atomic mass is 9.96. The maximum atomic E-state index is 14.7. The predicted octanol–water partition coefficient (Wildman–Crippen LogP) is 3.83. The number of halogens is 2. The summed E-state index contributed by atoms with van der Waals surface area (Å²) < 4.78 is 36.3. The Morgan fingerprint density at radius 1 is 1.27 bits per heavy atom. The van der Waals surface area contributed by atoms with E-state index >= 15 is 0 Å². The number of benzene rings is 2. The third kappa shape index (κ3) is 3.29. The largest absolute Gasteiger partial charge is 0.480 e. The summed E-state index contributed by atoms with van der Waals surface area (Å²) in [6, 6.07) is 5.27. The minimum absolute atomic E-state index is 0.00715. The molecule has 5 rings (SSSR count). The van der Waals surface area contributed by atoms with Crippen molar-refractivity contribution in [1.29, 1.82) is 0 Å².